The van der Waals surface area contributed by atoms with Crippen LogP contribution in [0, 0.1) is 23.0 Å². The number of pyridine rings is 1. The first-order valence-corrected chi connectivity index (χ1v) is 6.60. The summed E-state index contributed by atoms with van der Waals surface area (Å²) in [5, 5.41) is 23.1. The molecule has 0 aromatic carbocycles. The molecule has 1 aromatic rings. The van der Waals surface area contributed by atoms with Gasteiger partial charge in [0.2, 0.25) is 0 Å². The van der Waals surface area contributed by atoms with Crippen LogP contribution in [0.2, 0.25) is 0 Å². The van der Waals surface area contributed by atoms with Gasteiger partial charge in [0.25, 0.3) is 5.69 Å². The maximum Gasteiger partial charge on any atom is 0.290 e. The molecule has 1 aromatic heterocycles. The highest BCUT2D eigenvalue weighted by Gasteiger charge is 2.27. The Morgan fingerprint density at radius 2 is 2.37 bits per heavy atom. The van der Waals surface area contributed by atoms with Crippen molar-refractivity contribution >= 4 is 11.5 Å². The van der Waals surface area contributed by atoms with Gasteiger partial charge < -0.3 is 10.4 Å². The molecule has 2 rings (SSSR count). The predicted molar refractivity (Wildman–Crippen MR) is 72.1 cm³/mol. The van der Waals surface area contributed by atoms with Gasteiger partial charge in [-0.25, -0.2) is 4.98 Å². The standard InChI is InChI=1S/C13H19N3O3/c1-9-7-13(14-8-12(9)16(18)19)15-11-4-2-3-10(11)5-6-17/h7-8,10-11,17H,2-6H2,1H3,(H,14,15). The van der Waals surface area contributed by atoms with Crippen molar-refractivity contribution < 1.29 is 10.0 Å². The lowest BCUT2D eigenvalue weighted by atomic mass is 10.00. The van der Waals surface area contributed by atoms with E-state index in [4.69, 9.17) is 5.11 Å². The molecule has 2 unspecified atom stereocenters. The molecule has 0 saturated heterocycles. The molecule has 1 aliphatic carbocycles. The van der Waals surface area contributed by atoms with E-state index >= 15 is 0 Å². The quantitative estimate of drug-likeness (QED) is 0.629. The van der Waals surface area contributed by atoms with E-state index < -0.39 is 4.92 Å². The molecular formula is C13H19N3O3. The Morgan fingerprint density at radius 3 is 3.00 bits per heavy atom. The molecule has 0 radical (unpaired) electrons. The summed E-state index contributed by atoms with van der Waals surface area (Å²) in [6, 6.07) is 2.02. The number of aliphatic hydroxyl groups excluding tert-OH is 1. The third kappa shape index (κ3) is 3.20. The summed E-state index contributed by atoms with van der Waals surface area (Å²) in [4.78, 5) is 14.4. The lowest BCUT2D eigenvalue weighted by molar-refractivity contribution is -0.385. The summed E-state index contributed by atoms with van der Waals surface area (Å²) >= 11 is 0. The van der Waals surface area contributed by atoms with Gasteiger partial charge in [-0.05, 0) is 38.2 Å². The van der Waals surface area contributed by atoms with Gasteiger partial charge in [-0.15, -0.1) is 0 Å². The van der Waals surface area contributed by atoms with E-state index in [9.17, 15) is 10.1 Å². The second kappa shape index (κ2) is 5.97. The number of rotatable bonds is 5. The van der Waals surface area contributed by atoms with E-state index in [0.717, 1.165) is 25.7 Å². The third-order valence-electron chi connectivity index (χ3n) is 3.77. The lowest BCUT2D eigenvalue weighted by Gasteiger charge is -2.20. The number of hydrogen-bond acceptors (Lipinski definition) is 5. The van der Waals surface area contributed by atoms with Crippen LogP contribution >= 0.6 is 0 Å². The van der Waals surface area contributed by atoms with Crippen LogP contribution < -0.4 is 5.32 Å². The number of aliphatic hydroxyl groups is 1. The number of hydrogen-bond donors (Lipinski definition) is 2. The SMILES string of the molecule is Cc1cc(NC2CCCC2CCO)ncc1[N+](=O)[O-]. The maximum atomic E-state index is 10.7. The summed E-state index contributed by atoms with van der Waals surface area (Å²) in [6.45, 7) is 1.92. The Kier molecular flexibility index (Phi) is 4.31. The Morgan fingerprint density at radius 1 is 1.58 bits per heavy atom. The van der Waals surface area contributed by atoms with Crippen LogP contribution in [0.25, 0.3) is 0 Å². The van der Waals surface area contributed by atoms with Gasteiger partial charge in [0.15, 0.2) is 0 Å². The largest absolute Gasteiger partial charge is 0.396 e. The van der Waals surface area contributed by atoms with Crippen molar-refractivity contribution in [2.24, 2.45) is 5.92 Å². The van der Waals surface area contributed by atoms with E-state index in [-0.39, 0.29) is 12.3 Å². The number of anilines is 1. The third-order valence-corrected chi connectivity index (χ3v) is 3.77. The van der Waals surface area contributed by atoms with Crippen molar-refractivity contribution in [1.82, 2.24) is 4.98 Å². The second-order valence-electron chi connectivity index (χ2n) is 5.07. The first-order valence-electron chi connectivity index (χ1n) is 6.60. The number of nitro groups is 1. The molecule has 1 aliphatic rings. The first-order chi connectivity index (χ1) is 9.11. The normalized spacial score (nSPS) is 22.4. The van der Waals surface area contributed by atoms with Gasteiger partial charge in [-0.2, -0.15) is 0 Å². The molecule has 0 aliphatic heterocycles. The Balaban J connectivity index is 2.07. The van der Waals surface area contributed by atoms with Crippen molar-refractivity contribution in [3.8, 4) is 0 Å². The molecule has 2 N–H and O–H groups in total. The van der Waals surface area contributed by atoms with Crippen molar-refractivity contribution in [2.75, 3.05) is 11.9 Å². The summed E-state index contributed by atoms with van der Waals surface area (Å²) in [6.07, 6.45) is 5.41. The topological polar surface area (TPSA) is 88.3 Å². The van der Waals surface area contributed by atoms with Gasteiger partial charge in [-0.3, -0.25) is 10.1 Å². The molecule has 6 nitrogen and oxygen atoms in total. The van der Waals surface area contributed by atoms with E-state index in [1.807, 2.05) is 0 Å². The molecule has 1 heterocycles. The molecule has 6 heteroatoms. The molecule has 0 amide bonds. The van der Waals surface area contributed by atoms with E-state index in [2.05, 4.69) is 10.3 Å². The monoisotopic (exact) mass is 265 g/mol. The molecule has 1 saturated carbocycles. The zero-order chi connectivity index (χ0) is 13.8. The van der Waals surface area contributed by atoms with Crippen molar-refractivity contribution in [1.29, 1.82) is 0 Å². The smallest absolute Gasteiger partial charge is 0.290 e. The zero-order valence-corrected chi connectivity index (χ0v) is 11.0. The fourth-order valence-electron chi connectivity index (χ4n) is 2.75. The Bertz CT molecular complexity index is 464. The highest BCUT2D eigenvalue weighted by molar-refractivity contribution is 5.47. The molecular weight excluding hydrogens is 246 g/mol. The van der Waals surface area contributed by atoms with Crippen LogP contribution in [0.4, 0.5) is 11.5 Å². The van der Waals surface area contributed by atoms with Crippen LogP contribution in [0.5, 0.6) is 0 Å². The molecule has 0 spiro atoms. The molecule has 104 valence electrons. The number of nitrogens with one attached hydrogen (secondary N) is 1. The summed E-state index contributed by atoms with van der Waals surface area (Å²) in [7, 11) is 0. The highest BCUT2D eigenvalue weighted by Crippen LogP contribution is 2.31. The summed E-state index contributed by atoms with van der Waals surface area (Å²) in [5.74, 6) is 1.14. The van der Waals surface area contributed by atoms with Gasteiger partial charge in [-0.1, -0.05) is 6.42 Å². The number of aromatic nitrogens is 1. The van der Waals surface area contributed by atoms with Gasteiger partial charge in [0.1, 0.15) is 12.0 Å². The molecule has 19 heavy (non-hydrogen) atoms. The fraction of sp³-hybridized carbons (Fsp3) is 0.615. The van der Waals surface area contributed by atoms with Crippen LogP contribution in [-0.4, -0.2) is 27.7 Å². The van der Waals surface area contributed by atoms with E-state index in [1.54, 1.807) is 13.0 Å². The van der Waals surface area contributed by atoms with Crippen molar-refractivity contribution in [3.63, 3.8) is 0 Å². The predicted octanol–water partition coefficient (Wildman–Crippen LogP) is 2.26. The van der Waals surface area contributed by atoms with E-state index in [1.165, 1.54) is 6.20 Å². The second-order valence-corrected chi connectivity index (χ2v) is 5.07. The van der Waals surface area contributed by atoms with Crippen LogP contribution in [0.1, 0.15) is 31.2 Å². The fourth-order valence-corrected chi connectivity index (χ4v) is 2.75. The lowest BCUT2D eigenvalue weighted by Crippen LogP contribution is -2.25. The minimum absolute atomic E-state index is 0.0453. The summed E-state index contributed by atoms with van der Waals surface area (Å²) in [5.41, 5.74) is 0.656. The molecule has 2 atom stereocenters. The van der Waals surface area contributed by atoms with Gasteiger partial charge in [0, 0.05) is 18.2 Å². The van der Waals surface area contributed by atoms with Crippen LogP contribution in [0.3, 0.4) is 0 Å². The average Bonchev–Trinajstić information content (AvgIpc) is 2.77. The maximum absolute atomic E-state index is 10.7. The molecule has 0 bridgehead atoms. The van der Waals surface area contributed by atoms with Gasteiger partial charge >= 0.3 is 0 Å². The average molecular weight is 265 g/mol. The van der Waals surface area contributed by atoms with Crippen molar-refractivity contribution in [2.45, 2.75) is 38.6 Å². The minimum atomic E-state index is -0.420. The number of aryl methyl sites for hydroxylation is 1. The number of nitrogens with zero attached hydrogens (tertiary/aromatic N) is 2. The Hall–Kier alpha value is -1.69. The molecule has 1 fully saturated rings. The van der Waals surface area contributed by atoms with Crippen LogP contribution in [-0.2, 0) is 0 Å². The van der Waals surface area contributed by atoms with E-state index in [0.29, 0.717) is 23.3 Å². The first kappa shape index (κ1) is 13.7. The van der Waals surface area contributed by atoms with Crippen molar-refractivity contribution in [3.05, 3.63) is 27.9 Å². The van der Waals surface area contributed by atoms with Crippen LogP contribution in [0.15, 0.2) is 12.3 Å². The minimum Gasteiger partial charge on any atom is -0.396 e. The van der Waals surface area contributed by atoms with Gasteiger partial charge in [0.05, 0.1) is 4.92 Å². The zero-order valence-electron chi connectivity index (χ0n) is 11.0. The Labute approximate surface area is 112 Å². The highest BCUT2D eigenvalue weighted by atomic mass is 16.6. The summed E-state index contributed by atoms with van der Waals surface area (Å²) < 4.78 is 0.